The van der Waals surface area contributed by atoms with E-state index in [1.807, 2.05) is 4.90 Å². The van der Waals surface area contributed by atoms with Crippen LogP contribution in [0.1, 0.15) is 30.0 Å². The summed E-state index contributed by atoms with van der Waals surface area (Å²) in [5.74, 6) is 0.338. The zero-order valence-corrected chi connectivity index (χ0v) is 8.07. The molecule has 0 saturated carbocycles. The molecular formula is C12H13NO. The van der Waals surface area contributed by atoms with Crippen LogP contribution in [0.25, 0.3) is 0 Å². The Bertz CT molecular complexity index is 386. The van der Waals surface area contributed by atoms with Gasteiger partial charge in [-0.25, -0.2) is 0 Å². The first-order valence-electron chi connectivity index (χ1n) is 5.23. The number of carbonyl (C=O) groups excluding carboxylic acids is 1. The molecule has 0 radical (unpaired) electrons. The van der Waals surface area contributed by atoms with Gasteiger partial charge in [0, 0.05) is 13.0 Å². The predicted octanol–water partition coefficient (Wildman–Crippen LogP) is 1.91. The summed E-state index contributed by atoms with van der Waals surface area (Å²) >= 11 is 0. The van der Waals surface area contributed by atoms with E-state index in [4.69, 9.17) is 0 Å². The quantitative estimate of drug-likeness (QED) is 0.607. The van der Waals surface area contributed by atoms with E-state index in [1.54, 1.807) is 0 Å². The number of rotatable bonds is 0. The predicted molar refractivity (Wildman–Crippen MR) is 53.8 cm³/mol. The molecular weight excluding hydrogens is 174 g/mol. The molecule has 72 valence electrons. The zero-order chi connectivity index (χ0) is 9.54. The number of amides is 1. The van der Waals surface area contributed by atoms with Gasteiger partial charge in [-0.1, -0.05) is 24.3 Å². The molecule has 1 saturated heterocycles. The van der Waals surface area contributed by atoms with E-state index >= 15 is 0 Å². The number of hydrogen-bond acceptors (Lipinski definition) is 1. The van der Waals surface area contributed by atoms with Crippen molar-refractivity contribution >= 4 is 5.91 Å². The smallest absolute Gasteiger partial charge is 0.223 e. The van der Waals surface area contributed by atoms with Crippen molar-refractivity contribution in [2.24, 2.45) is 0 Å². The van der Waals surface area contributed by atoms with Gasteiger partial charge in [0.05, 0.1) is 6.04 Å². The standard InChI is InChI=1S/C12H13NO/c14-12-6-5-11-10-4-2-1-3-9(10)7-8-13(11)12/h1-4,11H,5-8H2. The number of hydrogen-bond donors (Lipinski definition) is 0. The Morgan fingerprint density at radius 3 is 3.00 bits per heavy atom. The van der Waals surface area contributed by atoms with Crippen molar-refractivity contribution in [1.82, 2.24) is 4.90 Å². The summed E-state index contributed by atoms with van der Waals surface area (Å²) in [7, 11) is 0. The lowest BCUT2D eigenvalue weighted by molar-refractivity contribution is -0.129. The highest BCUT2D eigenvalue weighted by Gasteiger charge is 2.35. The Hall–Kier alpha value is -1.31. The van der Waals surface area contributed by atoms with Crippen molar-refractivity contribution in [2.45, 2.75) is 25.3 Å². The molecule has 0 bridgehead atoms. The number of carbonyl (C=O) groups is 1. The number of nitrogens with zero attached hydrogens (tertiary/aromatic N) is 1. The van der Waals surface area contributed by atoms with Crippen LogP contribution in [-0.4, -0.2) is 17.4 Å². The highest BCUT2D eigenvalue weighted by atomic mass is 16.2. The van der Waals surface area contributed by atoms with Crippen molar-refractivity contribution < 1.29 is 4.79 Å². The largest absolute Gasteiger partial charge is 0.335 e. The Balaban J connectivity index is 2.07. The van der Waals surface area contributed by atoms with Gasteiger partial charge < -0.3 is 4.90 Å². The monoisotopic (exact) mass is 187 g/mol. The van der Waals surface area contributed by atoms with Crippen molar-refractivity contribution in [3.05, 3.63) is 35.4 Å². The topological polar surface area (TPSA) is 20.3 Å². The van der Waals surface area contributed by atoms with Crippen LogP contribution < -0.4 is 0 Å². The summed E-state index contributed by atoms with van der Waals surface area (Å²) in [6, 6.07) is 8.91. The normalized spacial score (nSPS) is 24.7. The third-order valence-electron chi connectivity index (χ3n) is 3.36. The summed E-state index contributed by atoms with van der Waals surface area (Å²) in [6.07, 6.45) is 2.77. The van der Waals surface area contributed by atoms with E-state index in [0.29, 0.717) is 11.9 Å². The molecule has 1 amide bonds. The van der Waals surface area contributed by atoms with Crippen LogP contribution in [0.4, 0.5) is 0 Å². The number of benzene rings is 1. The molecule has 2 aliphatic heterocycles. The lowest BCUT2D eigenvalue weighted by Crippen LogP contribution is -2.33. The van der Waals surface area contributed by atoms with Crippen LogP contribution in [0.15, 0.2) is 24.3 Å². The van der Waals surface area contributed by atoms with Crippen molar-refractivity contribution in [3.8, 4) is 0 Å². The Kier molecular flexibility index (Phi) is 1.63. The van der Waals surface area contributed by atoms with Gasteiger partial charge in [-0.15, -0.1) is 0 Å². The zero-order valence-electron chi connectivity index (χ0n) is 8.07. The summed E-state index contributed by atoms with van der Waals surface area (Å²) < 4.78 is 0. The van der Waals surface area contributed by atoms with Crippen LogP contribution >= 0.6 is 0 Å². The van der Waals surface area contributed by atoms with Crippen LogP contribution in [0, 0.1) is 0 Å². The maximum absolute atomic E-state index is 11.5. The molecule has 1 aromatic rings. The Labute approximate surface area is 83.5 Å². The van der Waals surface area contributed by atoms with Gasteiger partial charge >= 0.3 is 0 Å². The van der Waals surface area contributed by atoms with Crippen LogP contribution in [-0.2, 0) is 11.2 Å². The first-order chi connectivity index (χ1) is 6.86. The fourth-order valence-corrected chi connectivity index (χ4v) is 2.67. The van der Waals surface area contributed by atoms with Gasteiger partial charge in [0.15, 0.2) is 0 Å². The van der Waals surface area contributed by atoms with Gasteiger partial charge in [0.25, 0.3) is 0 Å². The molecule has 1 unspecified atom stereocenters. The minimum Gasteiger partial charge on any atom is -0.335 e. The number of fused-ring (bicyclic) bond motifs is 3. The third-order valence-corrected chi connectivity index (χ3v) is 3.36. The Morgan fingerprint density at radius 1 is 1.21 bits per heavy atom. The maximum Gasteiger partial charge on any atom is 0.223 e. The van der Waals surface area contributed by atoms with Crippen LogP contribution in [0.2, 0.25) is 0 Å². The van der Waals surface area contributed by atoms with E-state index < -0.39 is 0 Å². The Morgan fingerprint density at radius 2 is 2.07 bits per heavy atom. The third kappa shape index (κ3) is 0.999. The first-order valence-corrected chi connectivity index (χ1v) is 5.23. The van der Waals surface area contributed by atoms with E-state index in [2.05, 4.69) is 24.3 Å². The van der Waals surface area contributed by atoms with E-state index in [9.17, 15) is 4.79 Å². The van der Waals surface area contributed by atoms with Gasteiger partial charge in [0.2, 0.25) is 5.91 Å². The van der Waals surface area contributed by atoms with Crippen molar-refractivity contribution in [2.75, 3.05) is 6.54 Å². The van der Waals surface area contributed by atoms with Gasteiger partial charge in [-0.3, -0.25) is 4.79 Å². The molecule has 0 N–H and O–H groups in total. The van der Waals surface area contributed by atoms with E-state index in [0.717, 1.165) is 25.8 Å². The fourth-order valence-electron chi connectivity index (χ4n) is 2.67. The van der Waals surface area contributed by atoms with Gasteiger partial charge in [0.1, 0.15) is 0 Å². The second-order valence-electron chi connectivity index (χ2n) is 4.09. The molecule has 0 aromatic heterocycles. The molecule has 2 heterocycles. The molecule has 2 aliphatic rings. The molecule has 1 atom stereocenters. The molecule has 0 aliphatic carbocycles. The summed E-state index contributed by atoms with van der Waals surface area (Å²) in [5.41, 5.74) is 2.81. The average Bonchev–Trinajstić information content (AvgIpc) is 2.61. The van der Waals surface area contributed by atoms with Gasteiger partial charge in [-0.05, 0) is 24.0 Å². The fraction of sp³-hybridized carbons (Fsp3) is 0.417. The SMILES string of the molecule is O=C1CCC2c3ccccc3CCN12. The minimum atomic E-state index is 0.338. The highest BCUT2D eigenvalue weighted by molar-refractivity contribution is 5.79. The van der Waals surface area contributed by atoms with Gasteiger partial charge in [-0.2, -0.15) is 0 Å². The lowest BCUT2D eigenvalue weighted by Gasteiger charge is -2.31. The molecule has 14 heavy (non-hydrogen) atoms. The summed E-state index contributed by atoms with van der Waals surface area (Å²) in [5, 5.41) is 0. The minimum absolute atomic E-state index is 0.338. The molecule has 2 heteroatoms. The summed E-state index contributed by atoms with van der Waals surface area (Å²) in [6.45, 7) is 0.917. The maximum atomic E-state index is 11.5. The van der Waals surface area contributed by atoms with Crippen molar-refractivity contribution in [3.63, 3.8) is 0 Å². The van der Waals surface area contributed by atoms with Crippen LogP contribution in [0.5, 0.6) is 0 Å². The lowest BCUT2D eigenvalue weighted by atomic mass is 9.93. The van der Waals surface area contributed by atoms with E-state index in [-0.39, 0.29) is 0 Å². The first kappa shape index (κ1) is 8.04. The summed E-state index contributed by atoms with van der Waals surface area (Å²) in [4.78, 5) is 13.6. The molecule has 1 fully saturated rings. The second-order valence-corrected chi connectivity index (χ2v) is 4.09. The molecule has 2 nitrogen and oxygen atoms in total. The molecule has 3 rings (SSSR count). The average molecular weight is 187 g/mol. The van der Waals surface area contributed by atoms with Crippen molar-refractivity contribution in [1.29, 1.82) is 0 Å². The van der Waals surface area contributed by atoms with Crippen LogP contribution in [0.3, 0.4) is 0 Å². The molecule has 1 aromatic carbocycles. The molecule has 0 spiro atoms. The highest BCUT2D eigenvalue weighted by Crippen LogP contribution is 2.37. The second kappa shape index (κ2) is 2.84. The van der Waals surface area contributed by atoms with E-state index in [1.165, 1.54) is 11.1 Å².